The maximum absolute atomic E-state index is 4.07. The van der Waals surface area contributed by atoms with E-state index < -0.39 is 0 Å². The molecule has 0 bridgehead atoms. The monoisotopic (exact) mass is 145 g/mol. The van der Waals surface area contributed by atoms with E-state index in [0.717, 1.165) is 5.69 Å². The van der Waals surface area contributed by atoms with Crippen LogP contribution in [0.25, 0.3) is 11.4 Å². The highest BCUT2D eigenvalue weighted by atomic mass is 15.3. The summed E-state index contributed by atoms with van der Waals surface area (Å²) in [6, 6.07) is 5.60. The topological polar surface area (TPSA) is 54.5 Å². The number of pyridine rings is 1. The summed E-state index contributed by atoms with van der Waals surface area (Å²) in [6.45, 7) is 0. The van der Waals surface area contributed by atoms with Crippen LogP contribution < -0.4 is 0 Å². The third-order valence-corrected chi connectivity index (χ3v) is 1.28. The highest BCUT2D eigenvalue weighted by Crippen LogP contribution is 2.08. The third kappa shape index (κ3) is 1.10. The van der Waals surface area contributed by atoms with Gasteiger partial charge in [-0.25, -0.2) is 0 Å². The van der Waals surface area contributed by atoms with Crippen LogP contribution in [0.1, 0.15) is 0 Å². The fourth-order valence-corrected chi connectivity index (χ4v) is 0.796. The number of nitrogens with zero attached hydrogens (tertiary/aromatic N) is 3. The molecule has 2 rings (SSSR count). The van der Waals surface area contributed by atoms with Gasteiger partial charge in [0.15, 0.2) is 0 Å². The van der Waals surface area contributed by atoms with E-state index in [-0.39, 0.29) is 0 Å². The fraction of sp³-hybridized carbons (Fsp3) is 0. The van der Waals surface area contributed by atoms with Crippen LogP contribution >= 0.6 is 0 Å². The molecule has 0 saturated carbocycles. The van der Waals surface area contributed by atoms with E-state index in [1.54, 1.807) is 6.20 Å². The van der Waals surface area contributed by atoms with E-state index in [4.69, 9.17) is 0 Å². The Morgan fingerprint density at radius 3 is 3.00 bits per heavy atom. The molecule has 0 saturated heterocycles. The van der Waals surface area contributed by atoms with E-state index in [1.165, 1.54) is 0 Å². The molecule has 0 fully saturated rings. The molecule has 0 aliphatic rings. The SMILES string of the molecule is [c]1[nH]nnc1-c1ccccn1. The van der Waals surface area contributed by atoms with Crippen molar-refractivity contribution >= 4 is 0 Å². The maximum atomic E-state index is 4.07. The van der Waals surface area contributed by atoms with Gasteiger partial charge in [-0.15, -0.1) is 5.10 Å². The van der Waals surface area contributed by atoms with Crippen LogP contribution in [-0.2, 0) is 0 Å². The molecule has 0 spiro atoms. The second kappa shape index (κ2) is 2.49. The summed E-state index contributed by atoms with van der Waals surface area (Å²) in [4.78, 5) is 4.07. The van der Waals surface area contributed by atoms with Crippen molar-refractivity contribution in [2.24, 2.45) is 0 Å². The number of hydrogen-bond acceptors (Lipinski definition) is 3. The number of aromatic amines is 1. The first-order chi connectivity index (χ1) is 5.47. The molecule has 4 nitrogen and oxygen atoms in total. The van der Waals surface area contributed by atoms with Crippen molar-refractivity contribution in [2.45, 2.75) is 0 Å². The molecule has 1 radical (unpaired) electrons. The smallest absolute Gasteiger partial charge is 0.140 e. The van der Waals surface area contributed by atoms with Gasteiger partial charge < -0.3 is 0 Å². The summed E-state index contributed by atoms with van der Waals surface area (Å²) in [5.74, 6) is 0. The Bertz CT molecular complexity index is 313. The van der Waals surface area contributed by atoms with E-state index in [0.29, 0.717) is 5.69 Å². The standard InChI is InChI=1S/C7H5N4/c1-2-4-8-6(3-1)7-5-9-11-10-7/h1-4H,(H,9,10,11). The second-order valence-electron chi connectivity index (χ2n) is 2.00. The molecule has 2 aromatic heterocycles. The summed E-state index contributed by atoms with van der Waals surface area (Å²) < 4.78 is 0. The minimum atomic E-state index is 0.644. The lowest BCUT2D eigenvalue weighted by Crippen LogP contribution is -1.80. The van der Waals surface area contributed by atoms with E-state index in [2.05, 4.69) is 26.6 Å². The highest BCUT2D eigenvalue weighted by Gasteiger charge is 1.99. The summed E-state index contributed by atoms with van der Waals surface area (Å²) in [7, 11) is 0. The number of H-pyrrole nitrogens is 1. The van der Waals surface area contributed by atoms with Crippen molar-refractivity contribution < 1.29 is 0 Å². The van der Waals surface area contributed by atoms with Gasteiger partial charge in [0.1, 0.15) is 11.9 Å². The van der Waals surface area contributed by atoms with Crippen molar-refractivity contribution in [2.75, 3.05) is 0 Å². The van der Waals surface area contributed by atoms with Gasteiger partial charge in [0, 0.05) is 6.20 Å². The fourth-order valence-electron chi connectivity index (χ4n) is 0.796. The minimum Gasteiger partial charge on any atom is -0.255 e. The first-order valence-electron chi connectivity index (χ1n) is 3.17. The van der Waals surface area contributed by atoms with Crippen molar-refractivity contribution in [3.8, 4) is 11.4 Å². The van der Waals surface area contributed by atoms with Crippen molar-refractivity contribution in [3.05, 3.63) is 30.6 Å². The van der Waals surface area contributed by atoms with Crippen LogP contribution in [-0.4, -0.2) is 20.4 Å². The largest absolute Gasteiger partial charge is 0.255 e. The van der Waals surface area contributed by atoms with Gasteiger partial charge in [0.05, 0.1) is 5.69 Å². The van der Waals surface area contributed by atoms with Crippen LogP contribution in [0, 0.1) is 6.20 Å². The van der Waals surface area contributed by atoms with Crippen molar-refractivity contribution in [3.63, 3.8) is 0 Å². The lowest BCUT2D eigenvalue weighted by atomic mass is 10.3. The molecule has 0 unspecified atom stereocenters. The molecule has 0 atom stereocenters. The summed E-state index contributed by atoms with van der Waals surface area (Å²) in [5, 5.41) is 9.79. The Hall–Kier alpha value is -1.71. The van der Waals surface area contributed by atoms with Gasteiger partial charge in [-0.1, -0.05) is 11.3 Å². The van der Waals surface area contributed by atoms with Gasteiger partial charge in [0.25, 0.3) is 0 Å². The Balaban J connectivity index is 2.46. The predicted molar refractivity (Wildman–Crippen MR) is 38.4 cm³/mol. The van der Waals surface area contributed by atoms with Crippen LogP contribution in [0.5, 0.6) is 0 Å². The summed E-state index contributed by atoms with van der Waals surface area (Å²) >= 11 is 0. The third-order valence-electron chi connectivity index (χ3n) is 1.28. The van der Waals surface area contributed by atoms with Crippen LogP contribution in [0.2, 0.25) is 0 Å². The Morgan fingerprint density at radius 1 is 1.36 bits per heavy atom. The zero-order valence-electron chi connectivity index (χ0n) is 5.65. The quantitative estimate of drug-likeness (QED) is 0.641. The summed E-state index contributed by atoms with van der Waals surface area (Å²) in [5.41, 5.74) is 1.42. The zero-order valence-corrected chi connectivity index (χ0v) is 5.65. The van der Waals surface area contributed by atoms with Gasteiger partial charge in [0.2, 0.25) is 0 Å². The Kier molecular flexibility index (Phi) is 1.37. The second-order valence-corrected chi connectivity index (χ2v) is 2.00. The first kappa shape index (κ1) is 6.03. The van der Waals surface area contributed by atoms with Gasteiger partial charge in [-0.3, -0.25) is 10.1 Å². The molecule has 0 aliphatic carbocycles. The maximum Gasteiger partial charge on any atom is 0.140 e. The van der Waals surface area contributed by atoms with Crippen LogP contribution in [0.3, 0.4) is 0 Å². The molecule has 53 valence electrons. The highest BCUT2D eigenvalue weighted by molar-refractivity contribution is 5.50. The number of nitrogens with one attached hydrogen (secondary N) is 1. The lowest BCUT2D eigenvalue weighted by Gasteiger charge is -1.89. The predicted octanol–water partition coefficient (Wildman–Crippen LogP) is 0.667. The molecule has 2 aromatic rings. The molecule has 2 heterocycles. The minimum absolute atomic E-state index is 0.644. The molecule has 0 aromatic carbocycles. The van der Waals surface area contributed by atoms with Gasteiger partial charge in [-0.2, -0.15) is 0 Å². The molecule has 0 amide bonds. The zero-order chi connectivity index (χ0) is 7.52. The van der Waals surface area contributed by atoms with Crippen LogP contribution in [0.15, 0.2) is 24.4 Å². The van der Waals surface area contributed by atoms with Gasteiger partial charge in [-0.05, 0) is 12.1 Å². The van der Waals surface area contributed by atoms with E-state index in [1.807, 2.05) is 18.2 Å². The van der Waals surface area contributed by atoms with Crippen LogP contribution in [0.4, 0.5) is 0 Å². The van der Waals surface area contributed by atoms with Gasteiger partial charge >= 0.3 is 0 Å². The lowest BCUT2D eigenvalue weighted by molar-refractivity contribution is 0.939. The number of aromatic nitrogens is 4. The normalized spacial score (nSPS) is 9.82. The Morgan fingerprint density at radius 2 is 2.36 bits per heavy atom. The average Bonchev–Trinajstić information content (AvgIpc) is 2.58. The van der Waals surface area contributed by atoms with E-state index >= 15 is 0 Å². The van der Waals surface area contributed by atoms with E-state index in [9.17, 15) is 0 Å². The number of rotatable bonds is 1. The average molecular weight is 145 g/mol. The van der Waals surface area contributed by atoms with Crippen molar-refractivity contribution in [1.29, 1.82) is 0 Å². The Labute approximate surface area is 63.3 Å². The number of hydrogen-bond donors (Lipinski definition) is 1. The molecule has 11 heavy (non-hydrogen) atoms. The van der Waals surface area contributed by atoms with Crippen molar-refractivity contribution in [1.82, 2.24) is 20.4 Å². The first-order valence-corrected chi connectivity index (χ1v) is 3.17. The summed E-state index contributed by atoms with van der Waals surface area (Å²) in [6.07, 6.45) is 4.45. The molecule has 1 N–H and O–H groups in total. The molecule has 4 heteroatoms. The molecular formula is C7H5N4. The molecule has 0 aliphatic heterocycles. The molecular weight excluding hydrogens is 140 g/mol.